The number of esters is 1. The maximum absolute atomic E-state index is 12.2. The van der Waals surface area contributed by atoms with Crippen LogP contribution in [0.25, 0.3) is 0 Å². The number of aromatic nitrogens is 1. The quantitative estimate of drug-likeness (QED) is 0.702. The van der Waals surface area contributed by atoms with E-state index in [1.165, 1.54) is 12.1 Å². The van der Waals surface area contributed by atoms with Crippen LogP contribution in [0.2, 0.25) is 0 Å². The van der Waals surface area contributed by atoms with Crippen molar-refractivity contribution in [1.82, 2.24) is 9.71 Å². The summed E-state index contributed by atoms with van der Waals surface area (Å²) < 4.78 is 31.6. The van der Waals surface area contributed by atoms with Gasteiger partial charge in [0.1, 0.15) is 12.4 Å². The third-order valence-electron chi connectivity index (χ3n) is 3.02. The van der Waals surface area contributed by atoms with Gasteiger partial charge in [0.25, 0.3) is 0 Å². The van der Waals surface area contributed by atoms with Gasteiger partial charge in [-0.1, -0.05) is 24.3 Å². The molecule has 1 aromatic heterocycles. The van der Waals surface area contributed by atoms with E-state index in [1.54, 1.807) is 43.3 Å². The molecule has 0 saturated heterocycles. The highest BCUT2D eigenvalue weighted by Crippen LogP contribution is 2.09. The lowest BCUT2D eigenvalue weighted by atomic mass is 10.3. The number of anilines is 1. The summed E-state index contributed by atoms with van der Waals surface area (Å²) in [6, 6.07) is 13.2. The van der Waals surface area contributed by atoms with Gasteiger partial charge in [-0.2, -0.15) is 0 Å². The second-order valence-electron chi connectivity index (χ2n) is 4.81. The second kappa shape index (κ2) is 8.42. The Hall–Kier alpha value is -2.45. The van der Waals surface area contributed by atoms with Gasteiger partial charge in [-0.3, -0.25) is 4.79 Å². The first-order chi connectivity index (χ1) is 11.5. The fourth-order valence-corrected chi connectivity index (χ4v) is 2.92. The molecule has 128 valence electrons. The lowest BCUT2D eigenvalue weighted by Crippen LogP contribution is -2.24. The van der Waals surface area contributed by atoms with Crippen molar-refractivity contribution < 1.29 is 17.9 Å². The zero-order chi connectivity index (χ0) is 17.4. The molecule has 0 amide bonds. The Labute approximate surface area is 141 Å². The van der Waals surface area contributed by atoms with Crippen LogP contribution in [0.15, 0.2) is 53.4 Å². The normalized spacial score (nSPS) is 11.0. The fourth-order valence-electron chi connectivity index (χ4n) is 1.90. The summed E-state index contributed by atoms with van der Waals surface area (Å²) in [5, 5.41) is 2.84. The Bertz CT molecular complexity index is 779. The molecule has 0 fully saturated rings. The SMILES string of the molecule is CCOC(=O)CNc1cccc(CNS(=O)(=O)c2ccccc2)n1. The predicted octanol–water partition coefficient (Wildman–Crippen LogP) is 1.54. The Balaban J connectivity index is 1.96. The molecule has 0 unspecified atom stereocenters. The van der Waals surface area contributed by atoms with Gasteiger partial charge in [0.2, 0.25) is 10.0 Å². The molecule has 0 radical (unpaired) electrons. The maximum atomic E-state index is 12.2. The van der Waals surface area contributed by atoms with Gasteiger partial charge < -0.3 is 10.1 Å². The molecule has 2 rings (SSSR count). The van der Waals surface area contributed by atoms with E-state index in [2.05, 4.69) is 15.0 Å². The molecule has 24 heavy (non-hydrogen) atoms. The van der Waals surface area contributed by atoms with Crippen LogP contribution >= 0.6 is 0 Å². The van der Waals surface area contributed by atoms with Gasteiger partial charge >= 0.3 is 5.97 Å². The lowest BCUT2D eigenvalue weighted by molar-refractivity contribution is -0.140. The first kappa shape index (κ1) is 17.9. The number of carbonyl (C=O) groups is 1. The van der Waals surface area contributed by atoms with E-state index in [-0.39, 0.29) is 24.0 Å². The third-order valence-corrected chi connectivity index (χ3v) is 4.44. The summed E-state index contributed by atoms with van der Waals surface area (Å²) in [6.07, 6.45) is 0. The molecule has 0 spiro atoms. The summed E-state index contributed by atoms with van der Waals surface area (Å²) in [5.41, 5.74) is 0.531. The summed E-state index contributed by atoms with van der Waals surface area (Å²) in [6.45, 7) is 2.09. The number of nitrogens with one attached hydrogen (secondary N) is 2. The first-order valence-electron chi connectivity index (χ1n) is 7.41. The zero-order valence-corrected chi connectivity index (χ0v) is 14.0. The number of hydrogen-bond donors (Lipinski definition) is 2. The van der Waals surface area contributed by atoms with Crippen LogP contribution in [-0.4, -0.2) is 32.5 Å². The number of ether oxygens (including phenoxy) is 1. The van der Waals surface area contributed by atoms with Gasteiger partial charge in [-0.05, 0) is 31.2 Å². The Morgan fingerprint density at radius 1 is 1.12 bits per heavy atom. The standard InChI is InChI=1S/C16H19N3O4S/c1-2-23-16(20)12-17-15-10-6-7-13(19-15)11-18-24(21,22)14-8-4-3-5-9-14/h3-10,18H,2,11-12H2,1H3,(H,17,19). The van der Waals surface area contributed by atoms with Gasteiger partial charge in [-0.25, -0.2) is 18.1 Å². The van der Waals surface area contributed by atoms with E-state index >= 15 is 0 Å². The summed E-state index contributed by atoms with van der Waals surface area (Å²) in [7, 11) is -3.59. The maximum Gasteiger partial charge on any atom is 0.325 e. The van der Waals surface area contributed by atoms with Gasteiger partial charge in [-0.15, -0.1) is 0 Å². The van der Waals surface area contributed by atoms with Crippen molar-refractivity contribution in [2.75, 3.05) is 18.5 Å². The third kappa shape index (κ3) is 5.32. The van der Waals surface area contributed by atoms with Crippen molar-refractivity contribution in [1.29, 1.82) is 0 Å². The monoisotopic (exact) mass is 349 g/mol. The molecule has 1 heterocycles. The molecule has 2 aromatic rings. The Morgan fingerprint density at radius 2 is 1.88 bits per heavy atom. The van der Waals surface area contributed by atoms with Crippen LogP contribution in [0.5, 0.6) is 0 Å². The number of sulfonamides is 1. The number of benzene rings is 1. The molecular formula is C16H19N3O4S. The average molecular weight is 349 g/mol. The van der Waals surface area contributed by atoms with Crippen LogP contribution in [0.3, 0.4) is 0 Å². The molecule has 2 N–H and O–H groups in total. The summed E-state index contributed by atoms with van der Waals surface area (Å²) in [4.78, 5) is 15.8. The largest absolute Gasteiger partial charge is 0.465 e. The van der Waals surface area contributed by atoms with Crippen LogP contribution in [0.4, 0.5) is 5.82 Å². The lowest BCUT2D eigenvalue weighted by Gasteiger charge is -2.09. The Morgan fingerprint density at radius 3 is 2.58 bits per heavy atom. The number of nitrogens with zero attached hydrogens (tertiary/aromatic N) is 1. The molecule has 8 heteroatoms. The highest BCUT2D eigenvalue weighted by Gasteiger charge is 2.13. The number of carbonyl (C=O) groups excluding carboxylic acids is 1. The van der Waals surface area contributed by atoms with E-state index in [4.69, 9.17) is 4.74 Å². The topological polar surface area (TPSA) is 97.4 Å². The smallest absolute Gasteiger partial charge is 0.325 e. The molecule has 7 nitrogen and oxygen atoms in total. The number of pyridine rings is 1. The summed E-state index contributed by atoms with van der Waals surface area (Å²) in [5.74, 6) is 0.0916. The molecule has 1 aromatic carbocycles. The van der Waals surface area contributed by atoms with Crippen molar-refractivity contribution in [3.63, 3.8) is 0 Å². The van der Waals surface area contributed by atoms with Gasteiger partial charge in [0.05, 0.1) is 23.7 Å². The minimum absolute atomic E-state index is 0.0000356. The van der Waals surface area contributed by atoms with Crippen LogP contribution in [-0.2, 0) is 26.1 Å². The number of rotatable bonds is 8. The van der Waals surface area contributed by atoms with Crippen molar-refractivity contribution in [2.24, 2.45) is 0 Å². The molecule has 0 aliphatic carbocycles. The average Bonchev–Trinajstić information content (AvgIpc) is 2.60. The van der Waals surface area contributed by atoms with E-state index in [9.17, 15) is 13.2 Å². The zero-order valence-electron chi connectivity index (χ0n) is 13.2. The van der Waals surface area contributed by atoms with Crippen molar-refractivity contribution in [2.45, 2.75) is 18.4 Å². The summed E-state index contributed by atoms with van der Waals surface area (Å²) >= 11 is 0. The molecule has 0 saturated carbocycles. The Kier molecular flexibility index (Phi) is 6.28. The van der Waals surface area contributed by atoms with E-state index in [0.29, 0.717) is 18.1 Å². The minimum atomic E-state index is -3.59. The van der Waals surface area contributed by atoms with E-state index < -0.39 is 10.0 Å². The molecule has 0 aliphatic heterocycles. The van der Waals surface area contributed by atoms with Gasteiger partial charge in [0, 0.05) is 0 Å². The van der Waals surface area contributed by atoms with Crippen LogP contribution in [0.1, 0.15) is 12.6 Å². The minimum Gasteiger partial charge on any atom is -0.465 e. The first-order valence-corrected chi connectivity index (χ1v) is 8.89. The number of hydrogen-bond acceptors (Lipinski definition) is 6. The van der Waals surface area contributed by atoms with Crippen molar-refractivity contribution in [3.8, 4) is 0 Å². The molecule has 0 aliphatic rings. The van der Waals surface area contributed by atoms with Crippen molar-refractivity contribution in [3.05, 3.63) is 54.2 Å². The molecule has 0 bridgehead atoms. The second-order valence-corrected chi connectivity index (χ2v) is 6.58. The highest BCUT2D eigenvalue weighted by molar-refractivity contribution is 7.89. The van der Waals surface area contributed by atoms with E-state index in [0.717, 1.165) is 0 Å². The van der Waals surface area contributed by atoms with Gasteiger partial charge in [0.15, 0.2) is 0 Å². The fraction of sp³-hybridized carbons (Fsp3) is 0.250. The molecule has 0 atom stereocenters. The molecular weight excluding hydrogens is 330 g/mol. The highest BCUT2D eigenvalue weighted by atomic mass is 32.2. The predicted molar refractivity (Wildman–Crippen MR) is 89.8 cm³/mol. The van der Waals surface area contributed by atoms with Crippen molar-refractivity contribution >= 4 is 21.8 Å². The van der Waals surface area contributed by atoms with E-state index in [1.807, 2.05) is 0 Å². The van der Waals surface area contributed by atoms with Crippen LogP contribution in [0, 0.1) is 0 Å². The van der Waals surface area contributed by atoms with Crippen LogP contribution < -0.4 is 10.0 Å².